The average molecular weight is 492 g/mol. The summed E-state index contributed by atoms with van der Waals surface area (Å²) >= 11 is 0. The number of fused-ring (bicyclic) bond motifs is 1. The molecule has 2 aliphatic rings. The van der Waals surface area contributed by atoms with Gasteiger partial charge in [-0.15, -0.1) is 0 Å². The second-order valence-electron chi connectivity index (χ2n) is 10.00. The van der Waals surface area contributed by atoms with Crippen LogP contribution in [0.25, 0.3) is 22.0 Å². The van der Waals surface area contributed by atoms with Gasteiger partial charge in [0.15, 0.2) is 17.4 Å². The molecular weight excluding hydrogens is 464 g/mol. The molecule has 0 radical (unpaired) electrons. The van der Waals surface area contributed by atoms with Gasteiger partial charge >= 0.3 is 0 Å². The van der Waals surface area contributed by atoms with Crippen molar-refractivity contribution < 1.29 is 18.7 Å². The fourth-order valence-electron chi connectivity index (χ4n) is 5.08. The lowest BCUT2D eigenvalue weighted by molar-refractivity contribution is 0.0940. The minimum atomic E-state index is -1.15. The van der Waals surface area contributed by atoms with Gasteiger partial charge in [-0.25, -0.2) is 8.78 Å². The summed E-state index contributed by atoms with van der Waals surface area (Å²) in [5.74, 6) is -3.62. The van der Waals surface area contributed by atoms with E-state index in [1.807, 2.05) is 6.20 Å². The molecule has 1 amide bonds. The molecule has 0 unspecified atom stereocenters. The van der Waals surface area contributed by atoms with Crippen LogP contribution in [-0.4, -0.2) is 37.1 Å². The van der Waals surface area contributed by atoms with Crippen molar-refractivity contribution in [1.29, 1.82) is 0 Å². The number of hydrogen-bond acceptors (Lipinski definition) is 4. The lowest BCUT2D eigenvalue weighted by atomic mass is 9.86. The largest absolute Gasteiger partial charge is 0.503 e. The van der Waals surface area contributed by atoms with E-state index in [-0.39, 0.29) is 11.5 Å². The summed E-state index contributed by atoms with van der Waals surface area (Å²) in [5, 5.41) is 22.4. The highest BCUT2D eigenvalue weighted by Gasteiger charge is 2.25. The van der Waals surface area contributed by atoms with E-state index in [1.54, 1.807) is 0 Å². The molecule has 4 aromatic rings. The number of aromatic nitrogens is 4. The topological polar surface area (TPSA) is 85.0 Å². The molecule has 0 aliphatic heterocycles. The van der Waals surface area contributed by atoms with E-state index in [2.05, 4.69) is 50.4 Å². The number of nitrogens with zero attached hydrogens (tertiary/aromatic N) is 4. The minimum absolute atomic E-state index is 0.140. The first-order chi connectivity index (χ1) is 17.4. The number of carbonyl (C=O) groups excluding carboxylic acids is 1. The fourth-order valence-corrected chi connectivity index (χ4v) is 5.08. The molecule has 0 atom stereocenters. The number of phenolic OH excluding ortho intramolecular Hbond substituents is 1. The molecule has 2 aliphatic carbocycles. The third kappa shape index (κ3) is 4.45. The Morgan fingerprint density at radius 3 is 2.36 bits per heavy atom. The lowest BCUT2D eigenvalue weighted by Crippen LogP contribution is -2.31. The highest BCUT2D eigenvalue weighted by Crippen LogP contribution is 2.36. The van der Waals surface area contributed by atoms with Crippen molar-refractivity contribution in [3.8, 4) is 16.9 Å². The Kier molecular flexibility index (Phi) is 5.70. The molecule has 0 bridgehead atoms. The number of hydrogen-bond donors (Lipinski definition) is 2. The van der Waals surface area contributed by atoms with Crippen molar-refractivity contribution >= 4 is 16.8 Å². The zero-order valence-corrected chi connectivity index (χ0v) is 19.7. The average Bonchev–Trinajstić information content (AvgIpc) is 3.45. The van der Waals surface area contributed by atoms with Crippen molar-refractivity contribution in [2.75, 3.05) is 6.54 Å². The third-order valence-electron chi connectivity index (χ3n) is 7.40. The van der Waals surface area contributed by atoms with E-state index in [4.69, 9.17) is 5.10 Å². The molecule has 6 rings (SSSR count). The number of phenols is 1. The first-order valence-corrected chi connectivity index (χ1v) is 12.4. The molecule has 2 saturated carbocycles. The molecule has 36 heavy (non-hydrogen) atoms. The van der Waals surface area contributed by atoms with Crippen LogP contribution in [0.4, 0.5) is 8.78 Å². The number of aromatic hydroxyl groups is 1. The van der Waals surface area contributed by atoms with Crippen molar-refractivity contribution in [3.05, 3.63) is 66.1 Å². The maximum Gasteiger partial charge on any atom is 0.251 e. The molecule has 2 heterocycles. The quantitative estimate of drug-likeness (QED) is 0.379. The highest BCUT2D eigenvalue weighted by atomic mass is 19.1. The summed E-state index contributed by atoms with van der Waals surface area (Å²) in [7, 11) is 0. The Morgan fingerprint density at radius 1 is 0.944 bits per heavy atom. The van der Waals surface area contributed by atoms with E-state index in [1.165, 1.54) is 12.8 Å². The number of carbonyl (C=O) groups is 1. The van der Waals surface area contributed by atoms with Crippen LogP contribution in [0.2, 0.25) is 0 Å². The fraction of sp³-hybridized carbons (Fsp3) is 0.370. The van der Waals surface area contributed by atoms with Gasteiger partial charge in [0, 0.05) is 35.5 Å². The molecular formula is C27H27F2N5O2. The van der Waals surface area contributed by atoms with Crippen LogP contribution in [-0.2, 0) is 0 Å². The normalized spacial score (nSPS) is 20.1. The molecule has 7 nitrogen and oxygen atoms in total. The van der Waals surface area contributed by atoms with Gasteiger partial charge in [0.2, 0.25) is 0 Å². The van der Waals surface area contributed by atoms with Gasteiger partial charge in [-0.3, -0.25) is 14.2 Å². The molecule has 2 aromatic heterocycles. The van der Waals surface area contributed by atoms with E-state index in [0.29, 0.717) is 18.6 Å². The highest BCUT2D eigenvalue weighted by molar-refractivity contribution is 5.94. The summed E-state index contributed by atoms with van der Waals surface area (Å²) in [4.78, 5) is 12.3. The van der Waals surface area contributed by atoms with Crippen LogP contribution in [0, 0.1) is 17.6 Å². The number of nitrogens with one attached hydrogen (secondary N) is 1. The Bertz CT molecular complexity index is 1410. The van der Waals surface area contributed by atoms with Crippen LogP contribution in [0.1, 0.15) is 61.0 Å². The summed E-state index contributed by atoms with van der Waals surface area (Å²) < 4.78 is 31.2. The van der Waals surface area contributed by atoms with Crippen molar-refractivity contribution in [2.24, 2.45) is 5.92 Å². The summed E-state index contributed by atoms with van der Waals surface area (Å²) in [5.41, 5.74) is 3.06. The zero-order valence-electron chi connectivity index (χ0n) is 19.7. The Morgan fingerprint density at radius 2 is 1.64 bits per heavy atom. The second-order valence-corrected chi connectivity index (χ2v) is 10.00. The first-order valence-electron chi connectivity index (χ1n) is 12.4. The SMILES string of the molecule is O=C(NC[C@H]1CC[C@H](n2cc3ccc(-c4cnn(C5CC5)c4)cc3n2)CC1)c1cc(F)c(O)c(F)c1. The van der Waals surface area contributed by atoms with Gasteiger partial charge < -0.3 is 10.4 Å². The Balaban J connectivity index is 1.06. The molecule has 186 valence electrons. The molecule has 0 spiro atoms. The van der Waals surface area contributed by atoms with Gasteiger partial charge in [0.05, 0.1) is 23.8 Å². The van der Waals surface area contributed by atoms with Crippen LogP contribution < -0.4 is 5.32 Å². The molecule has 9 heteroatoms. The Labute approximate surface area is 206 Å². The predicted octanol–water partition coefficient (Wildman–Crippen LogP) is 5.38. The number of amides is 1. The Hall–Kier alpha value is -3.75. The van der Waals surface area contributed by atoms with E-state index in [0.717, 1.165) is 59.8 Å². The summed E-state index contributed by atoms with van der Waals surface area (Å²) in [6, 6.07) is 8.90. The van der Waals surface area contributed by atoms with Crippen LogP contribution >= 0.6 is 0 Å². The molecule has 0 saturated heterocycles. The predicted molar refractivity (Wildman–Crippen MR) is 131 cm³/mol. The zero-order chi connectivity index (χ0) is 24.8. The van der Waals surface area contributed by atoms with Gasteiger partial charge in [-0.2, -0.15) is 10.2 Å². The maximum atomic E-state index is 13.5. The van der Waals surface area contributed by atoms with Gasteiger partial charge in [-0.1, -0.05) is 12.1 Å². The summed E-state index contributed by atoms with van der Waals surface area (Å²) in [6.45, 7) is 0.439. The van der Waals surface area contributed by atoms with E-state index in [9.17, 15) is 18.7 Å². The van der Waals surface area contributed by atoms with Gasteiger partial charge in [-0.05, 0) is 68.2 Å². The minimum Gasteiger partial charge on any atom is -0.503 e. The van der Waals surface area contributed by atoms with Crippen molar-refractivity contribution in [2.45, 2.75) is 50.6 Å². The standard InChI is InChI=1S/C27H27F2N5O2/c28-23-9-19(10-24(29)26(23)35)27(36)30-12-16-1-5-22(6-2-16)34-14-18-4-3-17(11-25(18)32-34)20-13-31-33(15-20)21-7-8-21/h3-4,9-11,13-16,21-22,35H,1-2,5-8,12H2,(H,30,36)/t16-,22-. The third-order valence-corrected chi connectivity index (χ3v) is 7.40. The molecule has 2 N–H and O–H groups in total. The lowest BCUT2D eigenvalue weighted by Gasteiger charge is -2.28. The first kappa shape index (κ1) is 22.7. The summed E-state index contributed by atoms with van der Waals surface area (Å²) in [6.07, 6.45) is 12.3. The van der Waals surface area contributed by atoms with E-state index >= 15 is 0 Å². The number of rotatable bonds is 6. The number of halogens is 2. The van der Waals surface area contributed by atoms with Gasteiger partial charge in [0.25, 0.3) is 5.91 Å². The van der Waals surface area contributed by atoms with Crippen molar-refractivity contribution in [1.82, 2.24) is 24.9 Å². The maximum absolute atomic E-state index is 13.5. The second kappa shape index (κ2) is 9.04. The molecule has 2 fully saturated rings. The van der Waals surface area contributed by atoms with Crippen molar-refractivity contribution in [3.63, 3.8) is 0 Å². The van der Waals surface area contributed by atoms with Crippen LogP contribution in [0.5, 0.6) is 5.75 Å². The van der Waals surface area contributed by atoms with Crippen LogP contribution in [0.15, 0.2) is 48.9 Å². The van der Waals surface area contributed by atoms with Crippen LogP contribution in [0.3, 0.4) is 0 Å². The number of benzene rings is 2. The van der Waals surface area contributed by atoms with Gasteiger partial charge in [0.1, 0.15) is 0 Å². The smallest absolute Gasteiger partial charge is 0.251 e. The molecule has 2 aromatic carbocycles. The van der Waals surface area contributed by atoms with E-state index < -0.39 is 23.3 Å². The monoisotopic (exact) mass is 491 g/mol.